The zero-order chi connectivity index (χ0) is 26.1. The van der Waals surface area contributed by atoms with Crippen molar-refractivity contribution in [1.82, 2.24) is 4.57 Å². The van der Waals surface area contributed by atoms with Gasteiger partial charge in [0.2, 0.25) is 0 Å². The van der Waals surface area contributed by atoms with E-state index < -0.39 is 68.6 Å². The van der Waals surface area contributed by atoms with Crippen LogP contribution in [0.1, 0.15) is 48.2 Å². The summed E-state index contributed by atoms with van der Waals surface area (Å²) in [6, 6.07) is 6.08. The maximum atomic E-state index is 15.0. The van der Waals surface area contributed by atoms with E-state index in [0.29, 0.717) is 17.1 Å². The van der Waals surface area contributed by atoms with Crippen molar-refractivity contribution in [2.45, 2.75) is 33.1 Å². The van der Waals surface area contributed by atoms with E-state index in [-0.39, 0.29) is 18.4 Å². The molecule has 0 aliphatic carbocycles. The van der Waals surface area contributed by atoms with Gasteiger partial charge in [0.25, 0.3) is 5.56 Å². The molecule has 184 valence electrons. The van der Waals surface area contributed by atoms with Gasteiger partial charge in [0.05, 0.1) is 16.5 Å². The minimum Gasteiger partial charge on any atom is -0.481 e. The number of pyridine rings is 1. The summed E-state index contributed by atoms with van der Waals surface area (Å²) in [5.41, 5.74) is 2.45. The van der Waals surface area contributed by atoms with Crippen LogP contribution in [0.25, 0.3) is 5.69 Å². The fourth-order valence-corrected chi connectivity index (χ4v) is 3.61. The molecule has 6 nitrogen and oxygen atoms in total. The summed E-state index contributed by atoms with van der Waals surface area (Å²) >= 11 is 0. The van der Waals surface area contributed by atoms with E-state index in [1.807, 2.05) is 0 Å². The highest BCUT2D eigenvalue weighted by molar-refractivity contribution is 6.11. The van der Waals surface area contributed by atoms with Crippen molar-refractivity contribution in [3.05, 3.63) is 92.8 Å². The molecule has 10 heteroatoms. The van der Waals surface area contributed by atoms with Gasteiger partial charge in [-0.25, -0.2) is 17.6 Å². The number of hydrogen-bond acceptors (Lipinski definition) is 4. The van der Waals surface area contributed by atoms with Crippen molar-refractivity contribution in [2.75, 3.05) is 5.73 Å². The first-order valence-electron chi connectivity index (χ1n) is 10.6. The molecule has 35 heavy (non-hydrogen) atoms. The van der Waals surface area contributed by atoms with Crippen LogP contribution in [0.15, 0.2) is 47.3 Å². The number of carbonyl (C=O) groups excluding carboxylic acids is 1. The Kier molecular flexibility index (Phi) is 7.14. The summed E-state index contributed by atoms with van der Waals surface area (Å²) in [5, 5.41) is 9.18. The number of benzene rings is 2. The Morgan fingerprint density at radius 1 is 0.943 bits per heavy atom. The minimum atomic E-state index is -1.17. The SMILES string of the molecule is CC(C)(CCCc1cc(F)c(-n2c(N)c(C(=O)c3ccc(F)cc3F)ccc2=O)c(F)c1)C(=O)O. The number of carbonyl (C=O) groups is 2. The smallest absolute Gasteiger partial charge is 0.309 e. The molecule has 0 saturated heterocycles. The topological polar surface area (TPSA) is 102 Å². The molecule has 0 bridgehead atoms. The van der Waals surface area contributed by atoms with E-state index >= 15 is 0 Å². The maximum Gasteiger partial charge on any atom is 0.309 e. The maximum absolute atomic E-state index is 15.0. The van der Waals surface area contributed by atoms with Crippen molar-refractivity contribution in [3.8, 4) is 5.69 Å². The molecule has 0 radical (unpaired) electrons. The summed E-state index contributed by atoms with van der Waals surface area (Å²) in [6.07, 6.45) is 0.786. The zero-order valence-corrected chi connectivity index (χ0v) is 18.9. The van der Waals surface area contributed by atoms with Crippen LogP contribution < -0.4 is 11.3 Å². The van der Waals surface area contributed by atoms with E-state index in [4.69, 9.17) is 5.73 Å². The number of nitrogen functional groups attached to an aromatic ring is 1. The van der Waals surface area contributed by atoms with Crippen molar-refractivity contribution >= 4 is 17.6 Å². The highest BCUT2D eigenvalue weighted by Crippen LogP contribution is 2.27. The first kappa shape index (κ1) is 25.7. The molecule has 2 aromatic carbocycles. The van der Waals surface area contributed by atoms with E-state index in [1.54, 1.807) is 13.8 Å². The molecule has 0 unspecified atom stereocenters. The number of hydrogen-bond donors (Lipinski definition) is 2. The number of aryl methyl sites for hydroxylation is 1. The summed E-state index contributed by atoms with van der Waals surface area (Å²) in [4.78, 5) is 36.4. The van der Waals surface area contributed by atoms with E-state index in [1.165, 1.54) is 0 Å². The molecular weight excluding hydrogens is 468 g/mol. The number of anilines is 1. The molecule has 3 rings (SSSR count). The lowest BCUT2D eigenvalue weighted by atomic mass is 9.87. The monoisotopic (exact) mass is 490 g/mol. The fraction of sp³-hybridized carbons (Fsp3) is 0.240. The number of nitrogens with zero attached hydrogens (tertiary/aromatic N) is 1. The van der Waals surface area contributed by atoms with Crippen molar-refractivity contribution < 1.29 is 32.3 Å². The van der Waals surface area contributed by atoms with E-state index in [2.05, 4.69) is 0 Å². The molecule has 0 spiro atoms. The lowest BCUT2D eigenvalue weighted by Crippen LogP contribution is -2.25. The molecule has 0 saturated carbocycles. The predicted molar refractivity (Wildman–Crippen MR) is 121 cm³/mol. The van der Waals surface area contributed by atoms with Crippen LogP contribution in [0.4, 0.5) is 23.4 Å². The molecule has 1 heterocycles. The van der Waals surface area contributed by atoms with Gasteiger partial charge in [0.15, 0.2) is 17.4 Å². The highest BCUT2D eigenvalue weighted by atomic mass is 19.1. The Morgan fingerprint density at radius 2 is 1.54 bits per heavy atom. The lowest BCUT2D eigenvalue weighted by molar-refractivity contribution is -0.147. The number of aliphatic carboxylic acids is 1. The van der Waals surface area contributed by atoms with Crippen molar-refractivity contribution in [2.24, 2.45) is 5.41 Å². The van der Waals surface area contributed by atoms with E-state index in [0.717, 1.165) is 36.4 Å². The molecular formula is C25H22F4N2O4. The van der Waals surface area contributed by atoms with Crippen LogP contribution in [0.5, 0.6) is 0 Å². The molecule has 0 aliphatic rings. The van der Waals surface area contributed by atoms with Gasteiger partial charge in [-0.1, -0.05) is 0 Å². The largest absolute Gasteiger partial charge is 0.481 e. The second-order valence-corrected chi connectivity index (χ2v) is 8.71. The second-order valence-electron chi connectivity index (χ2n) is 8.71. The summed E-state index contributed by atoms with van der Waals surface area (Å²) in [7, 11) is 0. The number of nitrogens with two attached hydrogens (primary N) is 1. The number of ketones is 1. The van der Waals surface area contributed by atoms with Gasteiger partial charge < -0.3 is 10.8 Å². The Balaban J connectivity index is 1.98. The molecule has 0 fully saturated rings. The van der Waals surface area contributed by atoms with Gasteiger partial charge >= 0.3 is 5.97 Å². The number of carboxylic acid groups (broad SMARTS) is 1. The quantitative estimate of drug-likeness (QED) is 0.354. The lowest BCUT2D eigenvalue weighted by Gasteiger charge is -2.19. The van der Waals surface area contributed by atoms with Crippen molar-refractivity contribution in [1.29, 1.82) is 0 Å². The fourth-order valence-electron chi connectivity index (χ4n) is 3.61. The third-order valence-electron chi connectivity index (χ3n) is 5.70. The summed E-state index contributed by atoms with van der Waals surface area (Å²) in [5.74, 6) is -6.97. The number of carboxylic acids is 1. The van der Waals surface area contributed by atoms with Crippen molar-refractivity contribution in [3.63, 3.8) is 0 Å². The Labute approximate surface area is 197 Å². The molecule has 3 N–H and O–H groups in total. The van der Waals surface area contributed by atoms with Gasteiger partial charge in [-0.2, -0.15) is 0 Å². The minimum absolute atomic E-state index is 0.178. The normalized spacial score (nSPS) is 11.5. The number of rotatable bonds is 8. The van der Waals surface area contributed by atoms with Gasteiger partial charge in [-0.15, -0.1) is 0 Å². The first-order chi connectivity index (χ1) is 16.3. The summed E-state index contributed by atoms with van der Waals surface area (Å²) < 4.78 is 57.7. The molecule has 1 aromatic heterocycles. The standard InChI is InChI=1S/C25H22F4N2O4/c1-25(2,24(34)35)9-3-4-13-10-18(28)21(19(29)11-13)31-20(32)8-7-16(23(31)30)22(33)15-6-5-14(26)12-17(15)27/h5-8,10-12H,3-4,9,30H2,1-2H3,(H,34,35). The highest BCUT2D eigenvalue weighted by Gasteiger charge is 2.27. The van der Waals surface area contributed by atoms with Crippen LogP contribution in [0, 0.1) is 28.7 Å². The number of halogens is 4. The van der Waals surface area contributed by atoms with Crippen LogP contribution in [-0.2, 0) is 11.2 Å². The first-order valence-corrected chi connectivity index (χ1v) is 10.6. The third kappa shape index (κ3) is 5.26. The number of aromatic nitrogens is 1. The Bertz CT molecular complexity index is 1360. The van der Waals surface area contributed by atoms with Crippen LogP contribution in [-0.4, -0.2) is 21.4 Å². The Hall–Kier alpha value is -3.95. The van der Waals surface area contributed by atoms with Gasteiger partial charge in [0.1, 0.15) is 23.1 Å². The third-order valence-corrected chi connectivity index (χ3v) is 5.70. The van der Waals surface area contributed by atoms with E-state index in [9.17, 15) is 37.1 Å². The zero-order valence-electron chi connectivity index (χ0n) is 18.9. The summed E-state index contributed by atoms with van der Waals surface area (Å²) in [6.45, 7) is 3.09. The Morgan fingerprint density at radius 3 is 2.11 bits per heavy atom. The van der Waals surface area contributed by atoms with Gasteiger partial charge in [0, 0.05) is 12.1 Å². The molecule has 0 aliphatic heterocycles. The average molecular weight is 490 g/mol. The predicted octanol–water partition coefficient (Wildman–Crippen LogP) is 4.64. The van der Waals surface area contributed by atoms with Gasteiger partial charge in [-0.05, 0) is 69.0 Å². The van der Waals surface area contributed by atoms with Crippen LogP contribution >= 0.6 is 0 Å². The molecule has 0 atom stereocenters. The van der Waals surface area contributed by atoms with Crippen LogP contribution in [0.2, 0.25) is 0 Å². The molecule has 0 amide bonds. The second kappa shape index (κ2) is 9.73. The average Bonchev–Trinajstić information content (AvgIpc) is 2.75. The van der Waals surface area contributed by atoms with Crippen LogP contribution in [0.3, 0.4) is 0 Å². The molecule has 3 aromatic rings. The van der Waals surface area contributed by atoms with Gasteiger partial charge in [-0.3, -0.25) is 19.0 Å².